The Morgan fingerprint density at radius 3 is 3.00 bits per heavy atom. The van der Waals surface area contributed by atoms with E-state index in [-0.39, 0.29) is 5.82 Å². The van der Waals surface area contributed by atoms with Crippen LogP contribution in [-0.2, 0) is 6.42 Å². The zero-order valence-corrected chi connectivity index (χ0v) is 11.9. The number of benzene rings is 1. The summed E-state index contributed by atoms with van der Waals surface area (Å²) in [7, 11) is 0. The van der Waals surface area contributed by atoms with Crippen molar-refractivity contribution < 1.29 is 9.50 Å². The van der Waals surface area contributed by atoms with Crippen molar-refractivity contribution >= 4 is 27.3 Å². The minimum atomic E-state index is -0.432. The van der Waals surface area contributed by atoms with E-state index in [0.717, 1.165) is 29.8 Å². The SMILES string of the molecule is OC1CCCc2nc(-c3ccc(Br)cc3F)sc21. The van der Waals surface area contributed by atoms with Gasteiger partial charge in [-0.15, -0.1) is 11.3 Å². The number of hydrogen-bond donors (Lipinski definition) is 1. The van der Waals surface area contributed by atoms with Gasteiger partial charge in [-0.05, 0) is 37.5 Å². The standard InChI is InChI=1S/C13H11BrFNOS/c14-7-4-5-8(9(15)6-7)13-16-10-2-1-3-11(17)12(10)18-13/h4-6,11,17H,1-3H2. The monoisotopic (exact) mass is 327 g/mol. The second-order valence-electron chi connectivity index (χ2n) is 4.36. The van der Waals surface area contributed by atoms with E-state index in [1.165, 1.54) is 17.4 Å². The van der Waals surface area contributed by atoms with Crippen LogP contribution < -0.4 is 0 Å². The Morgan fingerprint density at radius 1 is 1.44 bits per heavy atom. The Bertz CT molecular complexity index is 599. The van der Waals surface area contributed by atoms with Crippen LogP contribution in [0.5, 0.6) is 0 Å². The maximum atomic E-state index is 13.9. The lowest BCUT2D eigenvalue weighted by Crippen LogP contribution is -2.06. The third kappa shape index (κ3) is 2.11. The van der Waals surface area contributed by atoms with Gasteiger partial charge in [-0.1, -0.05) is 15.9 Å². The minimum absolute atomic E-state index is 0.287. The topological polar surface area (TPSA) is 33.1 Å². The second-order valence-corrected chi connectivity index (χ2v) is 6.31. The van der Waals surface area contributed by atoms with Gasteiger partial charge < -0.3 is 5.11 Å². The lowest BCUT2D eigenvalue weighted by Gasteiger charge is -2.14. The number of halogens is 2. The molecule has 1 aliphatic carbocycles. The largest absolute Gasteiger partial charge is 0.388 e. The number of fused-ring (bicyclic) bond motifs is 1. The van der Waals surface area contributed by atoms with E-state index in [0.29, 0.717) is 15.0 Å². The molecular formula is C13H11BrFNOS. The highest BCUT2D eigenvalue weighted by Crippen LogP contribution is 2.38. The quantitative estimate of drug-likeness (QED) is 0.856. The molecule has 2 aromatic rings. The zero-order valence-electron chi connectivity index (χ0n) is 9.49. The van der Waals surface area contributed by atoms with Crippen molar-refractivity contribution in [2.24, 2.45) is 0 Å². The Balaban J connectivity index is 2.07. The van der Waals surface area contributed by atoms with Gasteiger partial charge >= 0.3 is 0 Å². The molecule has 0 aliphatic heterocycles. The first-order valence-electron chi connectivity index (χ1n) is 5.78. The third-order valence-corrected chi connectivity index (χ3v) is 4.81. The summed E-state index contributed by atoms with van der Waals surface area (Å²) in [5, 5.41) is 10.6. The third-order valence-electron chi connectivity index (χ3n) is 3.08. The van der Waals surface area contributed by atoms with Crippen molar-refractivity contribution in [3.63, 3.8) is 0 Å². The van der Waals surface area contributed by atoms with Crippen LogP contribution >= 0.6 is 27.3 Å². The van der Waals surface area contributed by atoms with Gasteiger partial charge in [-0.2, -0.15) is 0 Å². The van der Waals surface area contributed by atoms with Crippen LogP contribution in [-0.4, -0.2) is 10.1 Å². The lowest BCUT2D eigenvalue weighted by atomic mass is 10.0. The van der Waals surface area contributed by atoms with Crippen LogP contribution in [0.25, 0.3) is 10.6 Å². The number of rotatable bonds is 1. The van der Waals surface area contributed by atoms with E-state index in [1.54, 1.807) is 12.1 Å². The van der Waals surface area contributed by atoms with E-state index in [4.69, 9.17) is 0 Å². The molecule has 0 spiro atoms. The number of hydrogen-bond acceptors (Lipinski definition) is 3. The van der Waals surface area contributed by atoms with Crippen molar-refractivity contribution in [1.82, 2.24) is 4.98 Å². The lowest BCUT2D eigenvalue weighted by molar-refractivity contribution is 0.160. The molecule has 1 aromatic carbocycles. The van der Waals surface area contributed by atoms with Crippen LogP contribution in [0.1, 0.15) is 29.5 Å². The molecule has 1 heterocycles. The molecule has 18 heavy (non-hydrogen) atoms. The molecular weight excluding hydrogens is 317 g/mol. The van der Waals surface area contributed by atoms with Gasteiger partial charge in [-0.3, -0.25) is 0 Å². The number of aromatic nitrogens is 1. The summed E-state index contributed by atoms with van der Waals surface area (Å²) in [6, 6.07) is 4.96. The molecule has 3 rings (SSSR count). The van der Waals surface area contributed by atoms with Crippen LogP contribution in [0, 0.1) is 5.82 Å². The summed E-state index contributed by atoms with van der Waals surface area (Å²) in [5.41, 5.74) is 1.43. The van der Waals surface area contributed by atoms with Crippen molar-refractivity contribution in [1.29, 1.82) is 0 Å². The van der Waals surface area contributed by atoms with Crippen molar-refractivity contribution in [2.75, 3.05) is 0 Å². The summed E-state index contributed by atoms with van der Waals surface area (Å²) < 4.78 is 14.6. The number of aliphatic hydroxyl groups is 1. The van der Waals surface area contributed by atoms with E-state index < -0.39 is 6.10 Å². The van der Waals surface area contributed by atoms with Crippen LogP contribution in [0.15, 0.2) is 22.7 Å². The fraction of sp³-hybridized carbons (Fsp3) is 0.308. The van der Waals surface area contributed by atoms with Crippen molar-refractivity contribution in [3.8, 4) is 10.6 Å². The zero-order chi connectivity index (χ0) is 12.7. The van der Waals surface area contributed by atoms with Gasteiger partial charge in [0.25, 0.3) is 0 Å². The van der Waals surface area contributed by atoms with Crippen molar-refractivity contribution in [3.05, 3.63) is 39.1 Å². The number of thiazole rings is 1. The molecule has 1 aliphatic rings. The van der Waals surface area contributed by atoms with Gasteiger partial charge in [0.2, 0.25) is 0 Å². The summed E-state index contributed by atoms with van der Waals surface area (Å²) >= 11 is 4.64. The van der Waals surface area contributed by atoms with Crippen LogP contribution in [0.4, 0.5) is 4.39 Å². The highest BCUT2D eigenvalue weighted by Gasteiger charge is 2.23. The molecule has 94 valence electrons. The molecule has 0 radical (unpaired) electrons. The first-order chi connectivity index (χ1) is 8.65. The number of nitrogens with zero attached hydrogens (tertiary/aromatic N) is 1. The minimum Gasteiger partial charge on any atom is -0.388 e. The summed E-state index contributed by atoms with van der Waals surface area (Å²) in [5.74, 6) is -0.287. The fourth-order valence-corrected chi connectivity index (χ4v) is 3.67. The Morgan fingerprint density at radius 2 is 2.28 bits per heavy atom. The Kier molecular flexibility index (Phi) is 3.21. The first-order valence-corrected chi connectivity index (χ1v) is 7.39. The molecule has 1 atom stereocenters. The molecule has 5 heteroatoms. The summed E-state index contributed by atoms with van der Waals surface area (Å²) in [6.45, 7) is 0. The maximum Gasteiger partial charge on any atom is 0.134 e. The molecule has 1 N–H and O–H groups in total. The van der Waals surface area contributed by atoms with Crippen molar-refractivity contribution in [2.45, 2.75) is 25.4 Å². The Hall–Kier alpha value is -0.780. The molecule has 0 saturated heterocycles. The smallest absolute Gasteiger partial charge is 0.134 e. The van der Waals surface area contributed by atoms with Crippen LogP contribution in [0.2, 0.25) is 0 Å². The van der Waals surface area contributed by atoms with E-state index in [2.05, 4.69) is 20.9 Å². The molecule has 0 amide bonds. The predicted molar refractivity (Wildman–Crippen MR) is 73.1 cm³/mol. The van der Waals surface area contributed by atoms with Gasteiger partial charge in [0.15, 0.2) is 0 Å². The van der Waals surface area contributed by atoms with Gasteiger partial charge in [0.1, 0.15) is 10.8 Å². The first kappa shape index (κ1) is 12.3. The molecule has 1 unspecified atom stereocenters. The molecule has 1 aromatic heterocycles. The highest BCUT2D eigenvalue weighted by molar-refractivity contribution is 9.10. The van der Waals surface area contributed by atoms with E-state index in [9.17, 15) is 9.50 Å². The maximum absolute atomic E-state index is 13.9. The van der Waals surface area contributed by atoms with E-state index >= 15 is 0 Å². The van der Waals surface area contributed by atoms with Gasteiger partial charge in [0.05, 0.1) is 16.7 Å². The Labute approximate surface area is 117 Å². The van der Waals surface area contributed by atoms with Gasteiger partial charge in [0, 0.05) is 10.0 Å². The summed E-state index contributed by atoms with van der Waals surface area (Å²) in [6.07, 6.45) is 2.16. The fourth-order valence-electron chi connectivity index (χ4n) is 2.18. The van der Waals surface area contributed by atoms with Gasteiger partial charge in [-0.25, -0.2) is 9.37 Å². The predicted octanol–water partition coefficient (Wildman–Crippen LogP) is 4.08. The molecule has 0 saturated carbocycles. The molecule has 0 fully saturated rings. The number of aryl methyl sites for hydroxylation is 1. The molecule has 0 bridgehead atoms. The second kappa shape index (κ2) is 4.72. The normalized spacial score (nSPS) is 18.7. The average molecular weight is 328 g/mol. The average Bonchev–Trinajstić information content (AvgIpc) is 2.74. The molecule has 2 nitrogen and oxygen atoms in total. The summed E-state index contributed by atoms with van der Waals surface area (Å²) in [4.78, 5) is 5.37. The van der Waals surface area contributed by atoms with Crippen LogP contribution in [0.3, 0.4) is 0 Å². The van der Waals surface area contributed by atoms with E-state index in [1.807, 2.05) is 0 Å². The number of aliphatic hydroxyl groups excluding tert-OH is 1. The highest BCUT2D eigenvalue weighted by atomic mass is 79.9.